The molecule has 0 fully saturated rings. The first-order chi connectivity index (χ1) is 10.7. The molecule has 0 saturated carbocycles. The Labute approximate surface area is 131 Å². The molecule has 0 spiro atoms. The van der Waals surface area contributed by atoms with Crippen LogP contribution in [0.4, 0.5) is 0 Å². The zero-order valence-corrected chi connectivity index (χ0v) is 12.7. The number of ether oxygens (including phenoxy) is 1. The Morgan fingerprint density at radius 1 is 1.18 bits per heavy atom. The monoisotopic (exact) mass is 314 g/mol. The predicted octanol–water partition coefficient (Wildman–Crippen LogP) is 3.80. The number of phenolic OH excluding ortho intramolecular Hbond substituents is 1. The van der Waals surface area contributed by atoms with Crippen molar-refractivity contribution in [1.82, 2.24) is 0 Å². The van der Waals surface area contributed by atoms with Gasteiger partial charge in [0, 0.05) is 28.2 Å². The summed E-state index contributed by atoms with van der Waals surface area (Å²) in [6.45, 7) is 0. The molecule has 3 rings (SSSR count). The van der Waals surface area contributed by atoms with Crippen molar-refractivity contribution in [3.8, 4) is 11.5 Å². The van der Waals surface area contributed by atoms with Crippen molar-refractivity contribution >= 4 is 22.7 Å². The number of phenols is 1. The van der Waals surface area contributed by atoms with E-state index in [0.717, 1.165) is 21.6 Å². The van der Waals surface area contributed by atoms with Gasteiger partial charge in [0.05, 0.1) is 7.11 Å². The molecular formula is C17H14O4S. The lowest BCUT2D eigenvalue weighted by molar-refractivity contribution is 0.405. The van der Waals surface area contributed by atoms with Crippen LogP contribution in [0.5, 0.6) is 11.5 Å². The molecule has 0 radical (unpaired) electrons. The summed E-state index contributed by atoms with van der Waals surface area (Å²) < 4.78 is 10.5. The molecule has 5 heteroatoms. The van der Waals surface area contributed by atoms with Gasteiger partial charge in [-0.05, 0) is 29.8 Å². The van der Waals surface area contributed by atoms with E-state index < -0.39 is 5.63 Å². The van der Waals surface area contributed by atoms with Crippen LogP contribution in [0.1, 0.15) is 5.56 Å². The molecule has 0 unspecified atom stereocenters. The van der Waals surface area contributed by atoms with Crippen molar-refractivity contribution in [2.75, 3.05) is 7.11 Å². The van der Waals surface area contributed by atoms with E-state index in [9.17, 15) is 9.90 Å². The van der Waals surface area contributed by atoms with Crippen molar-refractivity contribution in [3.05, 3.63) is 64.5 Å². The zero-order chi connectivity index (χ0) is 15.5. The van der Waals surface area contributed by atoms with Crippen LogP contribution >= 0.6 is 11.8 Å². The van der Waals surface area contributed by atoms with Crippen LogP contribution in [-0.4, -0.2) is 12.2 Å². The van der Waals surface area contributed by atoms with Crippen LogP contribution in [0.25, 0.3) is 11.0 Å². The third kappa shape index (κ3) is 2.94. The summed E-state index contributed by atoms with van der Waals surface area (Å²) in [6, 6.07) is 14.0. The van der Waals surface area contributed by atoms with Gasteiger partial charge in [0.1, 0.15) is 17.1 Å². The second-order valence-corrected chi connectivity index (χ2v) is 5.73. The van der Waals surface area contributed by atoms with Crippen LogP contribution in [0, 0.1) is 0 Å². The summed E-state index contributed by atoms with van der Waals surface area (Å²) in [6.07, 6.45) is 0. The Hall–Kier alpha value is -2.40. The molecule has 22 heavy (non-hydrogen) atoms. The topological polar surface area (TPSA) is 59.7 Å². The van der Waals surface area contributed by atoms with Crippen LogP contribution in [0.3, 0.4) is 0 Å². The molecule has 0 saturated heterocycles. The summed E-state index contributed by atoms with van der Waals surface area (Å²) in [4.78, 5) is 12.7. The van der Waals surface area contributed by atoms with E-state index in [-0.39, 0.29) is 5.75 Å². The number of methoxy groups -OCH3 is 1. The molecule has 112 valence electrons. The van der Waals surface area contributed by atoms with Crippen LogP contribution in [0.15, 0.2) is 62.6 Å². The summed E-state index contributed by atoms with van der Waals surface area (Å²) >= 11 is 1.58. The number of thioether (sulfide) groups is 1. The SMILES string of the molecule is COc1ccccc1SCc1cc(=O)oc2cc(O)ccc12. The lowest BCUT2D eigenvalue weighted by atomic mass is 10.1. The van der Waals surface area contributed by atoms with Crippen molar-refractivity contribution in [3.63, 3.8) is 0 Å². The van der Waals surface area contributed by atoms with Crippen molar-refractivity contribution in [1.29, 1.82) is 0 Å². The summed E-state index contributed by atoms with van der Waals surface area (Å²) in [7, 11) is 1.63. The molecule has 1 aromatic heterocycles. The van der Waals surface area contributed by atoms with Gasteiger partial charge < -0.3 is 14.3 Å². The normalized spacial score (nSPS) is 10.8. The largest absolute Gasteiger partial charge is 0.508 e. The molecule has 0 amide bonds. The number of aromatic hydroxyl groups is 1. The van der Waals surface area contributed by atoms with E-state index in [1.165, 1.54) is 12.1 Å². The molecule has 4 nitrogen and oxygen atoms in total. The minimum Gasteiger partial charge on any atom is -0.508 e. The van der Waals surface area contributed by atoms with Crippen molar-refractivity contribution in [2.24, 2.45) is 0 Å². The van der Waals surface area contributed by atoms with Crippen LogP contribution in [-0.2, 0) is 5.75 Å². The Kier molecular flexibility index (Phi) is 4.06. The van der Waals surface area contributed by atoms with Gasteiger partial charge in [0.15, 0.2) is 0 Å². The lowest BCUT2D eigenvalue weighted by Gasteiger charge is -2.09. The number of hydrogen-bond acceptors (Lipinski definition) is 5. The second-order valence-electron chi connectivity index (χ2n) is 4.71. The van der Waals surface area contributed by atoms with Gasteiger partial charge in [0.2, 0.25) is 0 Å². The minimum atomic E-state index is -0.422. The van der Waals surface area contributed by atoms with Gasteiger partial charge in [-0.25, -0.2) is 4.79 Å². The average molecular weight is 314 g/mol. The first-order valence-corrected chi connectivity index (χ1v) is 7.67. The smallest absolute Gasteiger partial charge is 0.336 e. The highest BCUT2D eigenvalue weighted by atomic mass is 32.2. The van der Waals surface area contributed by atoms with E-state index in [1.54, 1.807) is 31.0 Å². The van der Waals surface area contributed by atoms with E-state index in [1.807, 2.05) is 24.3 Å². The Balaban J connectivity index is 1.95. The molecule has 0 aliphatic heterocycles. The molecule has 1 N–H and O–H groups in total. The average Bonchev–Trinajstić information content (AvgIpc) is 2.52. The highest BCUT2D eigenvalue weighted by Crippen LogP contribution is 2.33. The number of rotatable bonds is 4. The number of fused-ring (bicyclic) bond motifs is 1. The summed E-state index contributed by atoms with van der Waals surface area (Å²) in [5.74, 6) is 1.48. The number of benzene rings is 2. The fourth-order valence-electron chi connectivity index (χ4n) is 2.23. The number of para-hydroxylation sites is 1. The van der Waals surface area contributed by atoms with Crippen molar-refractivity contribution < 1.29 is 14.3 Å². The molecule has 0 atom stereocenters. The standard InChI is InChI=1S/C17H14O4S/c1-20-14-4-2-3-5-16(14)22-10-11-8-17(19)21-15-9-12(18)6-7-13(11)15/h2-9,18H,10H2,1H3. The fraction of sp³-hybridized carbons (Fsp3) is 0.118. The molecule has 2 aromatic carbocycles. The molecule has 0 bridgehead atoms. The van der Waals surface area contributed by atoms with Crippen LogP contribution in [0.2, 0.25) is 0 Å². The van der Waals surface area contributed by atoms with E-state index in [4.69, 9.17) is 9.15 Å². The Bertz CT molecular complexity index is 870. The van der Waals surface area contributed by atoms with Gasteiger partial charge in [0.25, 0.3) is 0 Å². The van der Waals surface area contributed by atoms with Crippen LogP contribution < -0.4 is 10.4 Å². The fourth-order valence-corrected chi connectivity index (χ4v) is 3.25. The maximum Gasteiger partial charge on any atom is 0.336 e. The highest BCUT2D eigenvalue weighted by Gasteiger charge is 2.09. The van der Waals surface area contributed by atoms with Gasteiger partial charge >= 0.3 is 5.63 Å². The third-order valence-corrected chi connectivity index (χ3v) is 4.37. The molecule has 0 aliphatic rings. The van der Waals surface area contributed by atoms with Crippen molar-refractivity contribution in [2.45, 2.75) is 10.6 Å². The Morgan fingerprint density at radius 3 is 2.82 bits per heavy atom. The molecular weight excluding hydrogens is 300 g/mol. The summed E-state index contributed by atoms with van der Waals surface area (Å²) in [5, 5.41) is 10.3. The van der Waals surface area contributed by atoms with E-state index in [2.05, 4.69) is 0 Å². The third-order valence-electron chi connectivity index (χ3n) is 3.27. The highest BCUT2D eigenvalue weighted by molar-refractivity contribution is 7.98. The van der Waals surface area contributed by atoms with Gasteiger partial charge in [-0.1, -0.05) is 12.1 Å². The van der Waals surface area contributed by atoms with Gasteiger partial charge in [-0.2, -0.15) is 0 Å². The minimum absolute atomic E-state index is 0.0742. The second kappa shape index (κ2) is 6.15. The van der Waals surface area contributed by atoms with E-state index >= 15 is 0 Å². The maximum absolute atomic E-state index is 11.7. The Morgan fingerprint density at radius 2 is 2.00 bits per heavy atom. The molecule has 3 aromatic rings. The summed E-state index contributed by atoms with van der Waals surface area (Å²) in [5.41, 5.74) is 0.832. The van der Waals surface area contributed by atoms with E-state index in [0.29, 0.717) is 11.3 Å². The first-order valence-electron chi connectivity index (χ1n) is 6.69. The first kappa shape index (κ1) is 14.5. The van der Waals surface area contributed by atoms with Gasteiger partial charge in [-0.15, -0.1) is 11.8 Å². The quantitative estimate of drug-likeness (QED) is 0.586. The zero-order valence-electron chi connectivity index (χ0n) is 11.9. The van der Waals surface area contributed by atoms with Gasteiger partial charge in [-0.3, -0.25) is 0 Å². The molecule has 0 aliphatic carbocycles. The predicted molar refractivity (Wildman–Crippen MR) is 86.7 cm³/mol. The number of hydrogen-bond donors (Lipinski definition) is 1. The lowest BCUT2D eigenvalue weighted by Crippen LogP contribution is -1.99. The molecule has 1 heterocycles. The maximum atomic E-state index is 11.7.